The lowest BCUT2D eigenvalue weighted by atomic mass is 9.51. The average molecular weight is 392 g/mol. The molecule has 8 fully saturated rings. The van der Waals surface area contributed by atoms with Crippen LogP contribution in [0.4, 0.5) is 5.69 Å². The van der Waals surface area contributed by atoms with E-state index in [4.69, 9.17) is 0 Å². The topological polar surface area (TPSA) is 40.5 Å². The molecule has 0 spiro atoms. The highest BCUT2D eigenvalue weighted by atomic mass is 16.4. The van der Waals surface area contributed by atoms with Crippen LogP contribution in [0.1, 0.15) is 81.0 Å². The van der Waals surface area contributed by atoms with Crippen molar-refractivity contribution in [2.45, 2.75) is 81.7 Å². The Morgan fingerprint density at radius 2 is 1.17 bits per heavy atom. The summed E-state index contributed by atoms with van der Waals surface area (Å²) in [5, 5.41) is 9.42. The van der Waals surface area contributed by atoms with E-state index in [1.807, 2.05) is 12.1 Å². The van der Waals surface area contributed by atoms with E-state index in [1.54, 1.807) is 0 Å². The van der Waals surface area contributed by atoms with Crippen LogP contribution in [0.5, 0.6) is 0 Å². The summed E-state index contributed by atoms with van der Waals surface area (Å²) in [4.78, 5) is 14.4. The summed E-state index contributed by atoms with van der Waals surface area (Å²) in [7, 11) is 0. The first-order valence-electron chi connectivity index (χ1n) is 12.2. The fourth-order valence-corrected chi connectivity index (χ4v) is 10.2. The first-order valence-corrected chi connectivity index (χ1v) is 12.2. The Bertz CT molecular complexity index is 803. The highest BCUT2D eigenvalue weighted by Crippen LogP contribution is 2.67. The molecule has 0 amide bonds. The number of rotatable bonds is 4. The molecule has 0 heterocycles. The lowest BCUT2D eigenvalue weighted by Crippen LogP contribution is -2.67. The van der Waals surface area contributed by atoms with Crippen molar-refractivity contribution in [3.8, 4) is 0 Å². The molecule has 8 aliphatic carbocycles. The molecule has 3 heteroatoms. The molecule has 8 bridgehead atoms. The lowest BCUT2D eigenvalue weighted by Gasteiger charge is -2.66. The zero-order valence-electron chi connectivity index (χ0n) is 17.4. The maximum absolute atomic E-state index is 11.5. The fourth-order valence-electron chi connectivity index (χ4n) is 10.2. The summed E-state index contributed by atoms with van der Waals surface area (Å²) >= 11 is 0. The number of carboxylic acid groups (broad SMARTS) is 1. The smallest absolute Gasteiger partial charge is 0.335 e. The van der Waals surface area contributed by atoms with Gasteiger partial charge in [0.25, 0.3) is 0 Å². The number of aromatic carboxylic acids is 1. The zero-order chi connectivity index (χ0) is 19.4. The van der Waals surface area contributed by atoms with Gasteiger partial charge in [0.1, 0.15) is 0 Å². The largest absolute Gasteiger partial charge is 0.478 e. The van der Waals surface area contributed by atoms with E-state index in [2.05, 4.69) is 17.0 Å². The van der Waals surface area contributed by atoms with Crippen LogP contribution < -0.4 is 4.90 Å². The molecule has 154 valence electrons. The molecule has 0 saturated heterocycles. The van der Waals surface area contributed by atoms with Crippen molar-refractivity contribution in [2.24, 2.45) is 35.5 Å². The maximum Gasteiger partial charge on any atom is 0.335 e. The number of anilines is 1. The van der Waals surface area contributed by atoms with Gasteiger partial charge in [0, 0.05) is 16.8 Å². The van der Waals surface area contributed by atoms with E-state index >= 15 is 0 Å². The number of hydrogen-bond donors (Lipinski definition) is 1. The van der Waals surface area contributed by atoms with Gasteiger partial charge in [-0.3, -0.25) is 0 Å². The minimum atomic E-state index is -0.809. The molecular formula is C26H33NO2. The summed E-state index contributed by atoms with van der Waals surface area (Å²) < 4.78 is 0. The SMILES string of the molecule is O=C(O)c1ccc(N(C23CC4CC(CC(C4)C2)C3)C23CC4CC(C2)C(C4)C3)cc1. The Labute approximate surface area is 173 Å². The van der Waals surface area contributed by atoms with Gasteiger partial charge in [-0.15, -0.1) is 0 Å². The molecule has 3 nitrogen and oxygen atoms in total. The maximum atomic E-state index is 11.5. The second-order valence-electron chi connectivity index (χ2n) is 12.0. The summed E-state index contributed by atoms with van der Waals surface area (Å²) in [6, 6.07) is 8.03. The van der Waals surface area contributed by atoms with Gasteiger partial charge in [-0.1, -0.05) is 0 Å². The van der Waals surface area contributed by atoms with Crippen LogP contribution in [0.2, 0.25) is 0 Å². The Morgan fingerprint density at radius 1 is 0.724 bits per heavy atom. The summed E-state index contributed by atoms with van der Waals surface area (Å²) in [6.07, 6.45) is 15.8. The third-order valence-corrected chi connectivity index (χ3v) is 10.2. The van der Waals surface area contributed by atoms with Crippen molar-refractivity contribution in [2.75, 3.05) is 4.90 Å². The molecule has 9 rings (SSSR count). The van der Waals surface area contributed by atoms with E-state index in [0.29, 0.717) is 16.6 Å². The van der Waals surface area contributed by atoms with Crippen LogP contribution in [-0.2, 0) is 0 Å². The Hall–Kier alpha value is -1.51. The Balaban J connectivity index is 1.35. The molecule has 0 radical (unpaired) electrons. The van der Waals surface area contributed by atoms with Crippen molar-refractivity contribution in [3.05, 3.63) is 29.8 Å². The average Bonchev–Trinajstić information content (AvgIpc) is 3.07. The van der Waals surface area contributed by atoms with E-state index in [1.165, 1.54) is 76.3 Å². The summed E-state index contributed by atoms with van der Waals surface area (Å²) in [5.74, 6) is 4.88. The summed E-state index contributed by atoms with van der Waals surface area (Å²) in [6.45, 7) is 0. The third kappa shape index (κ3) is 2.33. The van der Waals surface area contributed by atoms with Crippen LogP contribution in [-0.4, -0.2) is 22.2 Å². The van der Waals surface area contributed by atoms with Gasteiger partial charge in [-0.05, 0) is 130 Å². The Kier molecular flexibility index (Phi) is 3.32. The zero-order valence-corrected chi connectivity index (χ0v) is 17.4. The first-order chi connectivity index (χ1) is 14.0. The van der Waals surface area contributed by atoms with Gasteiger partial charge in [0.2, 0.25) is 0 Å². The number of hydrogen-bond acceptors (Lipinski definition) is 2. The molecular weight excluding hydrogens is 358 g/mol. The number of benzene rings is 1. The third-order valence-electron chi connectivity index (χ3n) is 10.2. The molecule has 0 aromatic heterocycles. The highest BCUT2D eigenvalue weighted by Gasteiger charge is 2.64. The Morgan fingerprint density at radius 3 is 1.62 bits per heavy atom. The van der Waals surface area contributed by atoms with E-state index in [-0.39, 0.29) is 0 Å². The molecule has 8 saturated carbocycles. The van der Waals surface area contributed by atoms with E-state index < -0.39 is 5.97 Å². The van der Waals surface area contributed by atoms with Crippen molar-refractivity contribution in [3.63, 3.8) is 0 Å². The number of nitrogens with zero attached hydrogens (tertiary/aromatic N) is 1. The number of carbonyl (C=O) groups is 1. The first kappa shape index (κ1) is 17.2. The molecule has 2 atom stereocenters. The highest BCUT2D eigenvalue weighted by molar-refractivity contribution is 5.88. The molecule has 29 heavy (non-hydrogen) atoms. The molecule has 0 aliphatic heterocycles. The molecule has 2 unspecified atom stereocenters. The standard InChI is InChI=1S/C26H33NO2/c28-24(29)20-1-3-23(4-2-20)27(26-13-19-8-21(14-26)22(9-19)15-26)25-10-16-5-17(11-25)7-18(6-16)12-25/h1-4,16-19,21-22H,5-15H2,(H,28,29). The van der Waals surface area contributed by atoms with Gasteiger partial charge < -0.3 is 10.0 Å². The van der Waals surface area contributed by atoms with Gasteiger partial charge in [0.15, 0.2) is 0 Å². The second-order valence-corrected chi connectivity index (χ2v) is 12.0. The van der Waals surface area contributed by atoms with Crippen LogP contribution in [0.3, 0.4) is 0 Å². The van der Waals surface area contributed by atoms with E-state index in [9.17, 15) is 9.90 Å². The normalized spacial score (nSPS) is 48.4. The minimum Gasteiger partial charge on any atom is -0.478 e. The quantitative estimate of drug-likeness (QED) is 0.711. The van der Waals surface area contributed by atoms with Gasteiger partial charge >= 0.3 is 5.97 Å². The monoisotopic (exact) mass is 391 g/mol. The van der Waals surface area contributed by atoms with Crippen molar-refractivity contribution < 1.29 is 9.90 Å². The van der Waals surface area contributed by atoms with Crippen molar-refractivity contribution in [1.29, 1.82) is 0 Å². The molecule has 8 aliphatic rings. The van der Waals surface area contributed by atoms with Gasteiger partial charge in [-0.2, -0.15) is 0 Å². The van der Waals surface area contributed by atoms with E-state index in [0.717, 1.165) is 35.5 Å². The summed E-state index contributed by atoms with van der Waals surface area (Å²) in [5.41, 5.74) is 2.46. The number of carboxylic acids is 1. The van der Waals surface area contributed by atoms with Crippen LogP contribution in [0.25, 0.3) is 0 Å². The minimum absolute atomic E-state index is 0.345. The predicted molar refractivity (Wildman–Crippen MR) is 113 cm³/mol. The predicted octanol–water partition coefficient (Wildman–Crippen LogP) is 5.74. The van der Waals surface area contributed by atoms with Crippen LogP contribution >= 0.6 is 0 Å². The van der Waals surface area contributed by atoms with Gasteiger partial charge in [-0.25, -0.2) is 4.79 Å². The van der Waals surface area contributed by atoms with Crippen molar-refractivity contribution in [1.82, 2.24) is 0 Å². The molecule has 1 aromatic carbocycles. The van der Waals surface area contributed by atoms with Gasteiger partial charge in [0.05, 0.1) is 5.56 Å². The molecule has 1 N–H and O–H groups in total. The fraction of sp³-hybridized carbons (Fsp3) is 0.731. The van der Waals surface area contributed by atoms with Crippen LogP contribution in [0.15, 0.2) is 24.3 Å². The second kappa shape index (κ2) is 5.59. The lowest BCUT2D eigenvalue weighted by molar-refractivity contribution is -0.0200. The van der Waals surface area contributed by atoms with Crippen molar-refractivity contribution >= 4 is 11.7 Å². The van der Waals surface area contributed by atoms with Crippen LogP contribution in [0, 0.1) is 35.5 Å². The molecule has 1 aromatic rings.